The first-order valence-corrected chi connectivity index (χ1v) is 7.46. The summed E-state index contributed by atoms with van der Waals surface area (Å²) in [5, 5.41) is 0. The third-order valence-corrected chi connectivity index (χ3v) is 3.87. The SMILES string of the molecule is CC1CN(C(=O)CCn2cnc3ccccc32)CC(C)O1. The lowest BCUT2D eigenvalue weighted by Crippen LogP contribution is -2.48. The second-order valence-corrected chi connectivity index (χ2v) is 5.73. The summed E-state index contributed by atoms with van der Waals surface area (Å²) in [6.07, 6.45) is 2.54. The maximum absolute atomic E-state index is 12.4. The Hall–Kier alpha value is -1.88. The van der Waals surface area contributed by atoms with Crippen LogP contribution in [0.5, 0.6) is 0 Å². The van der Waals surface area contributed by atoms with Crippen LogP contribution in [0.15, 0.2) is 30.6 Å². The van der Waals surface area contributed by atoms with Crippen LogP contribution in [0.1, 0.15) is 20.3 Å². The van der Waals surface area contributed by atoms with Gasteiger partial charge in [0.1, 0.15) is 0 Å². The van der Waals surface area contributed by atoms with E-state index in [-0.39, 0.29) is 18.1 Å². The largest absolute Gasteiger partial charge is 0.372 e. The number of nitrogens with zero attached hydrogens (tertiary/aromatic N) is 3. The molecule has 1 fully saturated rings. The molecule has 2 atom stereocenters. The van der Waals surface area contributed by atoms with Crippen molar-refractivity contribution in [3.05, 3.63) is 30.6 Å². The first-order chi connectivity index (χ1) is 10.1. The topological polar surface area (TPSA) is 47.4 Å². The summed E-state index contributed by atoms with van der Waals surface area (Å²) in [6.45, 7) is 6.07. The van der Waals surface area contributed by atoms with Gasteiger partial charge in [-0.05, 0) is 26.0 Å². The Morgan fingerprint density at radius 1 is 1.29 bits per heavy atom. The summed E-state index contributed by atoms with van der Waals surface area (Å²) in [5.74, 6) is 0.190. The molecule has 1 aromatic carbocycles. The number of para-hydroxylation sites is 2. The van der Waals surface area contributed by atoms with E-state index < -0.39 is 0 Å². The van der Waals surface area contributed by atoms with Crippen molar-refractivity contribution in [3.63, 3.8) is 0 Å². The van der Waals surface area contributed by atoms with Gasteiger partial charge < -0.3 is 14.2 Å². The molecule has 1 aliphatic rings. The molecule has 1 aliphatic heterocycles. The molecular formula is C16H21N3O2. The summed E-state index contributed by atoms with van der Waals surface area (Å²) in [7, 11) is 0. The number of amides is 1. The van der Waals surface area contributed by atoms with Crippen molar-refractivity contribution < 1.29 is 9.53 Å². The molecule has 0 radical (unpaired) electrons. The standard InChI is InChI=1S/C16H21N3O2/c1-12-9-19(10-13(2)21-12)16(20)7-8-18-11-17-14-5-3-4-6-15(14)18/h3-6,11-13H,7-10H2,1-2H3. The zero-order valence-electron chi connectivity index (χ0n) is 12.5. The number of ether oxygens (including phenoxy) is 1. The number of rotatable bonds is 3. The average molecular weight is 287 g/mol. The zero-order valence-corrected chi connectivity index (χ0v) is 12.5. The maximum atomic E-state index is 12.4. The van der Waals surface area contributed by atoms with Gasteiger partial charge in [-0.3, -0.25) is 4.79 Å². The van der Waals surface area contributed by atoms with Crippen molar-refractivity contribution in [2.45, 2.75) is 39.0 Å². The minimum Gasteiger partial charge on any atom is -0.372 e. The van der Waals surface area contributed by atoms with Gasteiger partial charge >= 0.3 is 0 Å². The van der Waals surface area contributed by atoms with Crippen molar-refractivity contribution in [1.29, 1.82) is 0 Å². The number of hydrogen-bond donors (Lipinski definition) is 0. The third kappa shape index (κ3) is 3.08. The molecule has 3 rings (SSSR count). The number of carbonyl (C=O) groups is 1. The number of benzene rings is 1. The second kappa shape index (κ2) is 5.85. The summed E-state index contributed by atoms with van der Waals surface area (Å²) >= 11 is 0. The lowest BCUT2D eigenvalue weighted by atomic mass is 10.2. The second-order valence-electron chi connectivity index (χ2n) is 5.73. The fraction of sp³-hybridized carbons (Fsp3) is 0.500. The van der Waals surface area contributed by atoms with Crippen LogP contribution in [0.25, 0.3) is 11.0 Å². The smallest absolute Gasteiger partial charge is 0.224 e. The molecule has 2 unspecified atom stereocenters. The molecule has 0 saturated carbocycles. The Labute approximate surface area is 124 Å². The normalized spacial score (nSPS) is 22.7. The van der Waals surface area contributed by atoms with E-state index >= 15 is 0 Å². The van der Waals surface area contributed by atoms with Crippen molar-refractivity contribution in [2.24, 2.45) is 0 Å². The molecule has 2 heterocycles. The number of morpholine rings is 1. The molecule has 5 nitrogen and oxygen atoms in total. The predicted octanol–water partition coefficient (Wildman–Crippen LogP) is 2.06. The third-order valence-electron chi connectivity index (χ3n) is 3.87. The zero-order chi connectivity index (χ0) is 14.8. The van der Waals surface area contributed by atoms with Crippen molar-refractivity contribution >= 4 is 16.9 Å². The van der Waals surface area contributed by atoms with E-state index in [2.05, 4.69) is 4.98 Å². The monoisotopic (exact) mass is 287 g/mol. The Morgan fingerprint density at radius 2 is 2.00 bits per heavy atom. The van der Waals surface area contributed by atoms with Crippen LogP contribution in [-0.2, 0) is 16.1 Å². The van der Waals surface area contributed by atoms with Crippen LogP contribution < -0.4 is 0 Å². The molecule has 0 spiro atoms. The highest BCUT2D eigenvalue weighted by Crippen LogP contribution is 2.14. The minimum absolute atomic E-state index is 0.117. The van der Waals surface area contributed by atoms with Gasteiger partial charge in [0.2, 0.25) is 5.91 Å². The van der Waals surface area contributed by atoms with Crippen LogP contribution in [0.3, 0.4) is 0 Å². The van der Waals surface area contributed by atoms with Gasteiger partial charge in [0.15, 0.2) is 0 Å². The van der Waals surface area contributed by atoms with E-state index in [1.54, 1.807) is 0 Å². The number of aromatic nitrogens is 2. The van der Waals surface area contributed by atoms with Crippen LogP contribution in [0, 0.1) is 0 Å². The Bertz CT molecular complexity index is 627. The molecule has 2 aromatic rings. The molecular weight excluding hydrogens is 266 g/mol. The highest BCUT2D eigenvalue weighted by atomic mass is 16.5. The van der Waals surface area contributed by atoms with Crippen molar-refractivity contribution in [1.82, 2.24) is 14.5 Å². The molecule has 5 heteroatoms. The molecule has 0 N–H and O–H groups in total. The highest BCUT2D eigenvalue weighted by molar-refractivity contribution is 5.77. The summed E-state index contributed by atoms with van der Waals surface area (Å²) in [6, 6.07) is 7.99. The molecule has 1 amide bonds. The molecule has 21 heavy (non-hydrogen) atoms. The van der Waals surface area contributed by atoms with E-state index in [4.69, 9.17) is 4.74 Å². The Morgan fingerprint density at radius 3 is 2.76 bits per heavy atom. The van der Waals surface area contributed by atoms with Gasteiger partial charge in [-0.15, -0.1) is 0 Å². The molecule has 112 valence electrons. The van der Waals surface area contributed by atoms with Gasteiger partial charge in [0.25, 0.3) is 0 Å². The lowest BCUT2D eigenvalue weighted by molar-refractivity contribution is -0.143. The van der Waals surface area contributed by atoms with Crippen LogP contribution in [0.2, 0.25) is 0 Å². The highest BCUT2D eigenvalue weighted by Gasteiger charge is 2.25. The summed E-state index contributed by atoms with van der Waals surface area (Å²) in [4.78, 5) is 18.6. The van der Waals surface area contributed by atoms with Gasteiger partial charge in [-0.1, -0.05) is 12.1 Å². The van der Waals surface area contributed by atoms with Gasteiger partial charge in [-0.25, -0.2) is 4.98 Å². The summed E-state index contributed by atoms with van der Waals surface area (Å²) < 4.78 is 7.71. The number of imidazole rings is 1. The fourth-order valence-corrected chi connectivity index (χ4v) is 2.94. The van der Waals surface area contributed by atoms with E-state index in [9.17, 15) is 4.79 Å². The van der Waals surface area contributed by atoms with Gasteiger partial charge in [0.05, 0.1) is 29.6 Å². The van der Waals surface area contributed by atoms with Gasteiger partial charge in [-0.2, -0.15) is 0 Å². The fourth-order valence-electron chi connectivity index (χ4n) is 2.94. The Kier molecular flexibility index (Phi) is 3.92. The van der Waals surface area contributed by atoms with Crippen molar-refractivity contribution in [3.8, 4) is 0 Å². The maximum Gasteiger partial charge on any atom is 0.224 e. The number of aryl methyl sites for hydroxylation is 1. The first kappa shape index (κ1) is 14.1. The molecule has 0 aliphatic carbocycles. The first-order valence-electron chi connectivity index (χ1n) is 7.46. The number of carbonyl (C=O) groups excluding carboxylic acids is 1. The summed E-state index contributed by atoms with van der Waals surface area (Å²) in [5.41, 5.74) is 2.05. The van der Waals surface area contributed by atoms with Crippen LogP contribution in [0.4, 0.5) is 0 Å². The molecule has 1 saturated heterocycles. The van der Waals surface area contributed by atoms with Crippen molar-refractivity contribution in [2.75, 3.05) is 13.1 Å². The Balaban J connectivity index is 1.63. The number of hydrogen-bond acceptors (Lipinski definition) is 3. The van der Waals surface area contributed by atoms with E-state index in [1.807, 2.05) is 53.9 Å². The van der Waals surface area contributed by atoms with E-state index in [0.29, 0.717) is 26.1 Å². The van der Waals surface area contributed by atoms with Crippen LogP contribution in [-0.4, -0.2) is 45.7 Å². The number of fused-ring (bicyclic) bond motifs is 1. The van der Waals surface area contributed by atoms with E-state index in [0.717, 1.165) is 11.0 Å². The van der Waals surface area contributed by atoms with Gasteiger partial charge in [0, 0.05) is 26.1 Å². The van der Waals surface area contributed by atoms with E-state index in [1.165, 1.54) is 0 Å². The predicted molar refractivity (Wildman–Crippen MR) is 80.9 cm³/mol. The van der Waals surface area contributed by atoms with Crippen LogP contribution >= 0.6 is 0 Å². The lowest BCUT2D eigenvalue weighted by Gasteiger charge is -2.35. The molecule has 1 aromatic heterocycles. The molecule has 0 bridgehead atoms. The average Bonchev–Trinajstić information content (AvgIpc) is 2.87. The minimum atomic E-state index is 0.117. The quantitative estimate of drug-likeness (QED) is 0.868.